The SMILES string of the molecule is O=C1CCC(Nc2ccc(N3CCC(CC(=O)N4CCC5(CC4)CCN(c4cncc(Nc6ncc(Cl)c(N7CCC[C@@H](C(F)(F)F)C7)n6)c4)C5=O)CC3)cc2)C(=O)N1. The number of imide groups is 1. The van der Waals surface area contributed by atoms with Crippen molar-refractivity contribution >= 4 is 69.7 Å². The quantitative estimate of drug-likeness (QED) is 0.220. The summed E-state index contributed by atoms with van der Waals surface area (Å²) in [5.41, 5.74) is 2.49. The van der Waals surface area contributed by atoms with Gasteiger partial charge in [0, 0.05) is 70.0 Å². The average Bonchev–Trinajstić information content (AvgIpc) is 3.54. The Morgan fingerprint density at radius 1 is 0.881 bits per heavy atom. The second-order valence-corrected chi connectivity index (χ2v) is 16.9. The molecule has 3 N–H and O–H groups in total. The lowest BCUT2D eigenvalue weighted by Gasteiger charge is -2.39. The second kappa shape index (κ2) is 16.8. The molecule has 0 bridgehead atoms. The molecule has 4 amide bonds. The van der Waals surface area contributed by atoms with Gasteiger partial charge in [-0.1, -0.05) is 11.6 Å². The number of anilines is 6. The van der Waals surface area contributed by atoms with E-state index in [1.165, 1.54) is 6.20 Å². The second-order valence-electron chi connectivity index (χ2n) is 16.4. The molecule has 5 aliphatic rings. The summed E-state index contributed by atoms with van der Waals surface area (Å²) in [6, 6.07) is 9.31. The largest absolute Gasteiger partial charge is 0.393 e. The Labute approximate surface area is 345 Å². The lowest BCUT2D eigenvalue weighted by molar-refractivity contribution is -0.176. The van der Waals surface area contributed by atoms with Crippen LogP contribution in [0.15, 0.2) is 48.9 Å². The van der Waals surface area contributed by atoms with E-state index in [1.54, 1.807) is 28.3 Å². The van der Waals surface area contributed by atoms with Gasteiger partial charge in [0.15, 0.2) is 5.82 Å². The molecule has 5 fully saturated rings. The van der Waals surface area contributed by atoms with Gasteiger partial charge in [0.25, 0.3) is 0 Å². The molecule has 1 unspecified atom stereocenters. The van der Waals surface area contributed by atoms with Crippen LogP contribution in [0.4, 0.5) is 47.7 Å². The zero-order valence-corrected chi connectivity index (χ0v) is 33.4. The lowest BCUT2D eigenvalue weighted by atomic mass is 9.77. The van der Waals surface area contributed by atoms with Gasteiger partial charge in [-0.05, 0) is 87.6 Å². The van der Waals surface area contributed by atoms with Crippen LogP contribution in [0.5, 0.6) is 0 Å². The predicted octanol–water partition coefficient (Wildman–Crippen LogP) is 5.92. The summed E-state index contributed by atoms with van der Waals surface area (Å²) in [6.45, 7) is 3.45. The smallest absolute Gasteiger partial charge is 0.374 e. The fourth-order valence-electron chi connectivity index (χ4n) is 9.14. The maximum atomic E-state index is 14.0. The van der Waals surface area contributed by atoms with Crippen molar-refractivity contribution in [1.29, 1.82) is 0 Å². The minimum absolute atomic E-state index is 0.0186. The van der Waals surface area contributed by atoms with Crippen LogP contribution in [0.25, 0.3) is 0 Å². The maximum absolute atomic E-state index is 14.0. The van der Waals surface area contributed by atoms with E-state index in [0.717, 1.165) is 37.3 Å². The molecular weight excluding hydrogens is 789 g/mol. The number of aromatic nitrogens is 3. The van der Waals surface area contributed by atoms with Crippen LogP contribution in [0, 0.1) is 17.3 Å². The maximum Gasteiger partial charge on any atom is 0.393 e. The molecule has 0 aliphatic carbocycles. The minimum atomic E-state index is -4.30. The van der Waals surface area contributed by atoms with Crippen LogP contribution in [0.2, 0.25) is 5.02 Å². The summed E-state index contributed by atoms with van der Waals surface area (Å²) in [5, 5.41) is 8.83. The molecule has 8 rings (SSSR count). The number of carbonyl (C=O) groups excluding carboxylic acids is 4. The molecule has 1 spiro atoms. The van der Waals surface area contributed by atoms with Gasteiger partial charge in [-0.2, -0.15) is 18.2 Å². The Kier molecular flexibility index (Phi) is 11.6. The first-order chi connectivity index (χ1) is 28.3. The van der Waals surface area contributed by atoms with Gasteiger partial charge in [0.2, 0.25) is 29.6 Å². The summed E-state index contributed by atoms with van der Waals surface area (Å²) in [7, 11) is 0. The van der Waals surface area contributed by atoms with Crippen LogP contribution in [-0.4, -0.2) is 102 Å². The van der Waals surface area contributed by atoms with Gasteiger partial charge in [-0.15, -0.1) is 0 Å². The molecule has 7 heterocycles. The number of carbonyl (C=O) groups is 4. The van der Waals surface area contributed by atoms with E-state index in [-0.39, 0.29) is 59.3 Å². The van der Waals surface area contributed by atoms with Crippen LogP contribution >= 0.6 is 11.6 Å². The van der Waals surface area contributed by atoms with Gasteiger partial charge in [-0.3, -0.25) is 29.5 Å². The van der Waals surface area contributed by atoms with Crippen LogP contribution < -0.4 is 30.7 Å². The number of piperidine rings is 4. The number of pyridine rings is 1. The summed E-state index contributed by atoms with van der Waals surface area (Å²) in [4.78, 5) is 71.6. The molecule has 2 atom stereocenters. The van der Waals surface area contributed by atoms with E-state index in [1.807, 2.05) is 29.2 Å². The Hall–Kier alpha value is -5.19. The molecule has 18 heteroatoms. The zero-order chi connectivity index (χ0) is 41.3. The first kappa shape index (κ1) is 40.6. The zero-order valence-electron chi connectivity index (χ0n) is 32.6. The molecule has 1 aromatic carbocycles. The summed E-state index contributed by atoms with van der Waals surface area (Å²) in [5.74, 6) is -1.17. The van der Waals surface area contributed by atoms with E-state index in [2.05, 4.69) is 35.8 Å². The highest BCUT2D eigenvalue weighted by Crippen LogP contribution is 2.44. The molecule has 14 nitrogen and oxygen atoms in total. The van der Waals surface area contributed by atoms with E-state index >= 15 is 0 Å². The number of likely N-dealkylation sites (tertiary alicyclic amines) is 1. The van der Waals surface area contributed by atoms with Crippen molar-refractivity contribution in [3.05, 3.63) is 53.9 Å². The van der Waals surface area contributed by atoms with Gasteiger partial charge in [0.05, 0.1) is 41.3 Å². The number of hydrogen-bond acceptors (Lipinski definition) is 11. The highest BCUT2D eigenvalue weighted by atomic mass is 35.5. The van der Waals surface area contributed by atoms with Crippen molar-refractivity contribution in [2.24, 2.45) is 17.3 Å². The van der Waals surface area contributed by atoms with Crippen molar-refractivity contribution in [3.63, 3.8) is 0 Å². The third-order valence-corrected chi connectivity index (χ3v) is 12.9. The molecule has 5 aliphatic heterocycles. The van der Waals surface area contributed by atoms with Crippen molar-refractivity contribution in [2.75, 3.05) is 71.1 Å². The van der Waals surface area contributed by atoms with E-state index in [4.69, 9.17) is 11.6 Å². The average molecular weight is 837 g/mol. The highest BCUT2D eigenvalue weighted by molar-refractivity contribution is 6.32. The fourth-order valence-corrected chi connectivity index (χ4v) is 9.35. The number of amides is 4. The van der Waals surface area contributed by atoms with Crippen LogP contribution in [-0.2, 0) is 19.2 Å². The fraction of sp³-hybridized carbons (Fsp3) is 0.537. The van der Waals surface area contributed by atoms with Crippen molar-refractivity contribution in [3.8, 4) is 0 Å². The van der Waals surface area contributed by atoms with Crippen molar-refractivity contribution < 1.29 is 32.3 Å². The lowest BCUT2D eigenvalue weighted by Crippen LogP contribution is -2.47. The number of nitrogens with zero attached hydrogens (tertiary/aromatic N) is 7. The molecule has 314 valence electrons. The topological polar surface area (TPSA) is 156 Å². The molecule has 5 saturated heterocycles. The Balaban J connectivity index is 0.803. The van der Waals surface area contributed by atoms with Gasteiger partial charge in [0.1, 0.15) is 11.1 Å². The van der Waals surface area contributed by atoms with Crippen LogP contribution in [0.3, 0.4) is 0 Å². The molecular formula is C41H48ClF3N10O4. The molecule has 2 aromatic heterocycles. The number of alkyl halides is 3. The van der Waals surface area contributed by atoms with E-state index in [9.17, 15) is 32.3 Å². The standard InChI is InChI=1S/C41H48ClF3N10O4/c42-32-24-47-39(51-36(32)54-14-1-2-27(25-54)41(43,44)45)49-29-21-31(23-46-22-29)55-19-13-40(38(55)59)11-17-53(18-12-40)35(57)20-26-9-15-52(16-10-26)30-5-3-28(4-6-30)48-33-7-8-34(56)50-37(33)58/h3-6,21-24,26-27,33,48H,1-2,7-20,25H2,(H,47,49,51)(H,50,56,58)/t27-,33?/m1/s1. The molecule has 3 aromatic rings. The Bertz CT molecular complexity index is 2060. The minimum Gasteiger partial charge on any atom is -0.374 e. The van der Waals surface area contributed by atoms with Crippen molar-refractivity contribution in [2.45, 2.75) is 76.4 Å². The van der Waals surface area contributed by atoms with E-state index < -0.39 is 23.6 Å². The molecule has 0 saturated carbocycles. The third-order valence-electron chi connectivity index (χ3n) is 12.7. The number of benzene rings is 1. The summed E-state index contributed by atoms with van der Waals surface area (Å²) >= 11 is 6.35. The predicted molar refractivity (Wildman–Crippen MR) is 217 cm³/mol. The summed E-state index contributed by atoms with van der Waals surface area (Å²) in [6.07, 6.45) is 5.65. The first-order valence-corrected chi connectivity index (χ1v) is 20.8. The van der Waals surface area contributed by atoms with Crippen LogP contribution in [0.1, 0.15) is 64.2 Å². The third kappa shape index (κ3) is 9.04. The highest BCUT2D eigenvalue weighted by Gasteiger charge is 2.49. The summed E-state index contributed by atoms with van der Waals surface area (Å²) < 4.78 is 40.4. The Morgan fingerprint density at radius 2 is 1.63 bits per heavy atom. The number of halogens is 4. The van der Waals surface area contributed by atoms with Gasteiger partial charge >= 0.3 is 6.18 Å². The Morgan fingerprint density at radius 3 is 2.36 bits per heavy atom. The molecule has 59 heavy (non-hydrogen) atoms. The number of rotatable bonds is 9. The van der Waals surface area contributed by atoms with Gasteiger partial charge < -0.3 is 30.2 Å². The number of hydrogen-bond donors (Lipinski definition) is 3. The van der Waals surface area contributed by atoms with E-state index in [0.29, 0.717) is 82.5 Å². The monoisotopic (exact) mass is 836 g/mol. The van der Waals surface area contributed by atoms with Gasteiger partial charge in [-0.25, -0.2) is 4.98 Å². The number of nitrogens with one attached hydrogen (secondary N) is 3. The molecule has 0 radical (unpaired) electrons. The normalized spacial score (nSPS) is 22.8. The van der Waals surface area contributed by atoms with Crippen molar-refractivity contribution in [1.82, 2.24) is 25.2 Å². The first-order valence-electron chi connectivity index (χ1n) is 20.4.